The minimum absolute atomic E-state index is 0.623. The number of methoxy groups -OCH3 is 1. The van der Waals surface area contributed by atoms with Crippen molar-refractivity contribution in [1.82, 2.24) is 0 Å². The van der Waals surface area contributed by atoms with Gasteiger partial charge in [-0.15, -0.1) is 0 Å². The first-order valence-electron chi connectivity index (χ1n) is 6.04. The van der Waals surface area contributed by atoms with Crippen LogP contribution in [0.15, 0.2) is 60.8 Å². The van der Waals surface area contributed by atoms with Gasteiger partial charge in [-0.3, -0.25) is 0 Å². The van der Waals surface area contributed by atoms with Crippen molar-refractivity contribution in [3.05, 3.63) is 66.0 Å². The van der Waals surface area contributed by atoms with Crippen molar-refractivity contribution in [1.29, 1.82) is 0 Å². The molecule has 0 aliphatic rings. The van der Waals surface area contributed by atoms with Gasteiger partial charge in [0.25, 0.3) is 0 Å². The van der Waals surface area contributed by atoms with Crippen LogP contribution in [0.3, 0.4) is 0 Å². The monoisotopic (exact) mass is 251 g/mol. The van der Waals surface area contributed by atoms with Crippen LogP contribution in [-0.2, 0) is 0 Å². The van der Waals surface area contributed by atoms with E-state index in [-0.39, 0.29) is 0 Å². The summed E-state index contributed by atoms with van der Waals surface area (Å²) in [6.45, 7) is 0. The first-order valence-corrected chi connectivity index (χ1v) is 6.04. The maximum atomic E-state index is 12.1. The van der Waals surface area contributed by atoms with Crippen molar-refractivity contribution in [2.75, 3.05) is 7.11 Å². The molecular weight excluding hydrogens is 238 g/mol. The lowest BCUT2D eigenvalue weighted by Crippen LogP contribution is -2.28. The Labute approximate surface area is 111 Å². The quantitative estimate of drug-likeness (QED) is 0.518. The third-order valence-corrected chi connectivity index (χ3v) is 3.15. The largest absolute Gasteiger partial charge is 0.618 e. The molecule has 2 aromatic carbocycles. The lowest BCUT2D eigenvalue weighted by atomic mass is 10.1. The molecule has 0 unspecified atom stereocenters. The standard InChI is InChI=1S/C16H13NO2/c1-19-15-8-4-7-13(9-15)16-10-12-5-2-3-6-14(12)11-17(16)18/h2-11H,1H3. The summed E-state index contributed by atoms with van der Waals surface area (Å²) in [6.07, 6.45) is 1.60. The number of hydrogen-bond donors (Lipinski definition) is 0. The minimum atomic E-state index is 0.623. The van der Waals surface area contributed by atoms with Gasteiger partial charge in [-0.1, -0.05) is 24.3 Å². The highest BCUT2D eigenvalue weighted by Gasteiger charge is 2.11. The molecule has 3 heteroatoms. The zero-order valence-corrected chi connectivity index (χ0v) is 10.5. The van der Waals surface area contributed by atoms with Crippen molar-refractivity contribution in [3.63, 3.8) is 0 Å². The van der Waals surface area contributed by atoms with Crippen LogP contribution in [0.4, 0.5) is 0 Å². The van der Waals surface area contributed by atoms with E-state index in [9.17, 15) is 5.21 Å². The fraction of sp³-hybridized carbons (Fsp3) is 0.0625. The molecule has 0 aliphatic heterocycles. The van der Waals surface area contributed by atoms with Gasteiger partial charge in [0.2, 0.25) is 5.69 Å². The van der Waals surface area contributed by atoms with E-state index in [1.807, 2.05) is 54.6 Å². The number of pyridine rings is 1. The van der Waals surface area contributed by atoms with Crippen molar-refractivity contribution < 1.29 is 9.47 Å². The second-order valence-electron chi connectivity index (χ2n) is 4.35. The van der Waals surface area contributed by atoms with E-state index in [0.29, 0.717) is 5.69 Å². The molecular formula is C16H13NO2. The molecule has 1 aromatic heterocycles. The summed E-state index contributed by atoms with van der Waals surface area (Å²) < 4.78 is 6.09. The maximum Gasteiger partial charge on any atom is 0.224 e. The van der Waals surface area contributed by atoms with E-state index in [0.717, 1.165) is 26.8 Å². The van der Waals surface area contributed by atoms with Gasteiger partial charge in [0.1, 0.15) is 5.75 Å². The summed E-state index contributed by atoms with van der Waals surface area (Å²) in [5.74, 6) is 0.741. The Morgan fingerprint density at radius 3 is 2.53 bits per heavy atom. The minimum Gasteiger partial charge on any atom is -0.618 e. The normalized spacial score (nSPS) is 10.6. The summed E-state index contributed by atoms with van der Waals surface area (Å²) in [4.78, 5) is 0. The van der Waals surface area contributed by atoms with Gasteiger partial charge < -0.3 is 9.94 Å². The van der Waals surface area contributed by atoms with E-state index in [1.165, 1.54) is 0 Å². The van der Waals surface area contributed by atoms with E-state index >= 15 is 0 Å². The number of aromatic nitrogens is 1. The van der Waals surface area contributed by atoms with Crippen LogP contribution in [0, 0.1) is 5.21 Å². The molecule has 0 bridgehead atoms. The molecule has 0 fully saturated rings. The first kappa shape index (κ1) is 11.5. The smallest absolute Gasteiger partial charge is 0.224 e. The summed E-state index contributed by atoms with van der Waals surface area (Å²) >= 11 is 0. The predicted molar refractivity (Wildman–Crippen MR) is 74.9 cm³/mol. The van der Waals surface area contributed by atoms with Gasteiger partial charge >= 0.3 is 0 Å². The molecule has 0 saturated carbocycles. The highest BCUT2D eigenvalue weighted by Crippen LogP contribution is 2.23. The van der Waals surface area contributed by atoms with Gasteiger partial charge in [-0.2, -0.15) is 4.73 Å². The van der Waals surface area contributed by atoms with Crippen LogP contribution in [0.25, 0.3) is 22.0 Å². The number of benzene rings is 2. The molecule has 1 heterocycles. The summed E-state index contributed by atoms with van der Waals surface area (Å²) in [5.41, 5.74) is 1.47. The summed E-state index contributed by atoms with van der Waals surface area (Å²) in [7, 11) is 1.62. The summed E-state index contributed by atoms with van der Waals surface area (Å²) in [5, 5.41) is 14.1. The maximum absolute atomic E-state index is 12.1. The van der Waals surface area contributed by atoms with Crippen LogP contribution in [0.2, 0.25) is 0 Å². The second-order valence-corrected chi connectivity index (χ2v) is 4.35. The average Bonchev–Trinajstić information content (AvgIpc) is 2.46. The average molecular weight is 251 g/mol. The fourth-order valence-corrected chi connectivity index (χ4v) is 2.16. The molecule has 0 atom stereocenters. The van der Waals surface area contributed by atoms with Crippen LogP contribution in [0.5, 0.6) is 5.75 Å². The zero-order valence-electron chi connectivity index (χ0n) is 10.5. The molecule has 0 radical (unpaired) electrons. The van der Waals surface area contributed by atoms with E-state index in [1.54, 1.807) is 13.3 Å². The predicted octanol–water partition coefficient (Wildman–Crippen LogP) is 3.15. The Hall–Kier alpha value is -2.55. The highest BCUT2D eigenvalue weighted by molar-refractivity contribution is 5.83. The van der Waals surface area contributed by atoms with E-state index in [4.69, 9.17) is 4.74 Å². The van der Waals surface area contributed by atoms with Gasteiger partial charge in [0, 0.05) is 11.5 Å². The van der Waals surface area contributed by atoms with Gasteiger partial charge in [-0.05, 0) is 29.7 Å². The van der Waals surface area contributed by atoms with Gasteiger partial charge in [-0.25, -0.2) is 0 Å². The molecule has 0 N–H and O–H groups in total. The summed E-state index contributed by atoms with van der Waals surface area (Å²) in [6, 6.07) is 17.2. The van der Waals surface area contributed by atoms with Crippen molar-refractivity contribution in [2.45, 2.75) is 0 Å². The number of hydrogen-bond acceptors (Lipinski definition) is 2. The second kappa shape index (κ2) is 4.61. The number of ether oxygens (including phenoxy) is 1. The van der Waals surface area contributed by atoms with E-state index in [2.05, 4.69) is 0 Å². The van der Waals surface area contributed by atoms with Crippen LogP contribution in [-0.4, -0.2) is 7.11 Å². The molecule has 0 amide bonds. The Bertz CT molecular complexity index is 738. The Kier molecular flexibility index (Phi) is 2.80. The number of fused-ring (bicyclic) bond motifs is 1. The van der Waals surface area contributed by atoms with Crippen molar-refractivity contribution in [2.24, 2.45) is 0 Å². The topological polar surface area (TPSA) is 36.2 Å². The Morgan fingerprint density at radius 2 is 1.74 bits per heavy atom. The highest BCUT2D eigenvalue weighted by atomic mass is 16.5. The number of nitrogens with zero attached hydrogens (tertiary/aromatic N) is 1. The molecule has 94 valence electrons. The molecule has 19 heavy (non-hydrogen) atoms. The third kappa shape index (κ3) is 2.10. The fourth-order valence-electron chi connectivity index (χ4n) is 2.16. The first-order chi connectivity index (χ1) is 9.28. The molecule has 3 rings (SSSR count). The molecule has 0 saturated heterocycles. The van der Waals surface area contributed by atoms with Crippen LogP contribution < -0.4 is 9.47 Å². The molecule has 0 aliphatic carbocycles. The van der Waals surface area contributed by atoms with E-state index < -0.39 is 0 Å². The molecule has 3 aromatic rings. The van der Waals surface area contributed by atoms with Crippen LogP contribution in [0.1, 0.15) is 0 Å². The van der Waals surface area contributed by atoms with Crippen LogP contribution >= 0.6 is 0 Å². The Balaban J connectivity index is 2.20. The zero-order chi connectivity index (χ0) is 13.2. The van der Waals surface area contributed by atoms with Gasteiger partial charge in [0.05, 0.1) is 12.7 Å². The van der Waals surface area contributed by atoms with Crippen molar-refractivity contribution in [3.8, 4) is 17.0 Å². The Morgan fingerprint density at radius 1 is 0.947 bits per heavy atom. The van der Waals surface area contributed by atoms with Gasteiger partial charge in [0.15, 0.2) is 6.20 Å². The van der Waals surface area contributed by atoms with Crippen molar-refractivity contribution >= 4 is 10.8 Å². The lowest BCUT2D eigenvalue weighted by molar-refractivity contribution is -0.592. The lowest BCUT2D eigenvalue weighted by Gasteiger charge is -2.07. The SMILES string of the molecule is COc1cccc(-c2cc3ccccc3c[n+]2[O-])c1. The number of rotatable bonds is 2. The third-order valence-electron chi connectivity index (χ3n) is 3.15. The molecule has 3 nitrogen and oxygen atoms in total. The molecule has 0 spiro atoms.